The van der Waals surface area contributed by atoms with Crippen LogP contribution >= 0.6 is 23.4 Å². The molecule has 0 rings (SSSR count). The maximum Gasteiger partial charge on any atom is 0.453 e. The molecule has 8 heteroatoms. The minimum absolute atomic E-state index is 0.206. The summed E-state index contributed by atoms with van der Waals surface area (Å²) in [5.41, 5.74) is 0. The van der Waals surface area contributed by atoms with Gasteiger partial charge in [0.2, 0.25) is 0 Å². The highest BCUT2D eigenvalue weighted by atomic mass is 35.5. The molecule has 17 heavy (non-hydrogen) atoms. The van der Waals surface area contributed by atoms with Gasteiger partial charge in [-0.15, -0.1) is 23.4 Å². The second-order valence-electron chi connectivity index (χ2n) is 3.58. The highest BCUT2D eigenvalue weighted by molar-refractivity contribution is 8.00. The number of hydrogen-bond donors (Lipinski definition) is 0. The molecule has 0 heterocycles. The molecule has 0 bridgehead atoms. The van der Waals surface area contributed by atoms with Crippen LogP contribution < -0.4 is 0 Å². The van der Waals surface area contributed by atoms with E-state index in [9.17, 15) is 22.0 Å². The molecule has 100 valence electrons. The first-order valence-corrected chi connectivity index (χ1v) is 6.16. The summed E-state index contributed by atoms with van der Waals surface area (Å²) in [6.07, 6.45) is -7.51. The van der Waals surface area contributed by atoms with Crippen LogP contribution in [0.3, 0.4) is 0 Å². The Bertz CT molecular complexity index is 288. The number of nitrogens with zero attached hydrogens (tertiary/aromatic N) is 1. The molecular formula is C9H11ClF5NS. The Kier molecular flexibility index (Phi) is 6.02. The maximum absolute atomic E-state index is 12.6. The van der Waals surface area contributed by atoms with Crippen LogP contribution in [0.2, 0.25) is 0 Å². The first-order valence-electron chi connectivity index (χ1n) is 4.64. The van der Waals surface area contributed by atoms with Crippen molar-refractivity contribution < 1.29 is 22.0 Å². The lowest BCUT2D eigenvalue weighted by molar-refractivity contribution is -0.284. The molecule has 0 saturated carbocycles. The van der Waals surface area contributed by atoms with Crippen molar-refractivity contribution in [2.45, 2.75) is 36.6 Å². The third-order valence-electron chi connectivity index (χ3n) is 2.07. The molecule has 0 fully saturated rings. The molecule has 0 radical (unpaired) electrons. The largest absolute Gasteiger partial charge is 0.453 e. The van der Waals surface area contributed by atoms with Crippen molar-refractivity contribution in [1.29, 1.82) is 5.26 Å². The lowest BCUT2D eigenvalue weighted by Crippen LogP contribution is -2.38. The summed E-state index contributed by atoms with van der Waals surface area (Å²) in [6.45, 7) is 1.33. The highest BCUT2D eigenvalue weighted by Crippen LogP contribution is 2.42. The van der Waals surface area contributed by atoms with Crippen molar-refractivity contribution >= 4 is 23.4 Å². The summed E-state index contributed by atoms with van der Waals surface area (Å²) in [7, 11) is 0. The summed E-state index contributed by atoms with van der Waals surface area (Å²) in [6, 6.07) is 1.74. The smallest absolute Gasteiger partial charge is 0.197 e. The van der Waals surface area contributed by atoms with Gasteiger partial charge in [0, 0.05) is 18.1 Å². The molecule has 0 aliphatic rings. The molecule has 0 aromatic carbocycles. The Morgan fingerprint density at radius 2 is 1.71 bits per heavy atom. The van der Waals surface area contributed by atoms with Gasteiger partial charge in [-0.1, -0.05) is 0 Å². The minimum atomic E-state index is -5.57. The average Bonchev–Trinajstić information content (AvgIpc) is 2.22. The molecule has 1 nitrogen and oxygen atoms in total. The molecule has 0 aromatic rings. The number of hydrogen-bond acceptors (Lipinski definition) is 2. The molecule has 1 unspecified atom stereocenters. The maximum atomic E-state index is 12.6. The molecule has 0 N–H and O–H groups in total. The van der Waals surface area contributed by atoms with Crippen LogP contribution in [0, 0.1) is 11.3 Å². The second-order valence-corrected chi connectivity index (χ2v) is 5.56. The zero-order chi connectivity index (χ0) is 13.7. The van der Waals surface area contributed by atoms with Crippen LogP contribution in [0.4, 0.5) is 22.0 Å². The third kappa shape index (κ3) is 5.30. The molecule has 0 saturated heterocycles. The lowest BCUT2D eigenvalue weighted by atomic mass is 10.0. The van der Waals surface area contributed by atoms with Crippen molar-refractivity contribution in [3.05, 3.63) is 0 Å². The molecule has 0 aliphatic heterocycles. The van der Waals surface area contributed by atoms with Crippen LogP contribution in [-0.2, 0) is 0 Å². The van der Waals surface area contributed by atoms with Crippen molar-refractivity contribution in [3.8, 4) is 6.07 Å². The Morgan fingerprint density at radius 3 is 2.06 bits per heavy atom. The van der Waals surface area contributed by atoms with Crippen molar-refractivity contribution in [2.75, 3.05) is 11.6 Å². The minimum Gasteiger partial charge on any atom is -0.197 e. The van der Waals surface area contributed by atoms with Gasteiger partial charge in [-0.25, -0.2) is 0 Å². The average molecular weight is 296 g/mol. The van der Waals surface area contributed by atoms with E-state index in [0.717, 1.165) is 11.8 Å². The molecule has 0 aliphatic carbocycles. The van der Waals surface area contributed by atoms with Crippen molar-refractivity contribution in [3.63, 3.8) is 0 Å². The molecule has 1 atom stereocenters. The van der Waals surface area contributed by atoms with E-state index in [1.54, 1.807) is 6.07 Å². The number of rotatable bonds is 6. The lowest BCUT2D eigenvalue weighted by Gasteiger charge is -2.25. The van der Waals surface area contributed by atoms with E-state index in [-0.39, 0.29) is 5.88 Å². The zero-order valence-corrected chi connectivity index (χ0v) is 10.5. The predicted octanol–water partition coefficient (Wildman–Crippen LogP) is 4.22. The number of nitriles is 1. The Hall–Kier alpha value is -0.220. The van der Waals surface area contributed by atoms with Gasteiger partial charge in [-0.05, 0) is 13.3 Å². The summed E-state index contributed by atoms with van der Waals surface area (Å²) in [5, 5.41) is 8.77. The Labute approximate surface area is 105 Å². The fourth-order valence-corrected chi connectivity index (χ4v) is 2.03. The summed E-state index contributed by atoms with van der Waals surface area (Å²) in [4.78, 5) is 0. The van der Waals surface area contributed by atoms with Gasteiger partial charge in [0.05, 0.1) is 10.8 Å². The monoisotopic (exact) mass is 295 g/mol. The summed E-state index contributed by atoms with van der Waals surface area (Å²) in [5.74, 6) is -4.23. The van der Waals surface area contributed by atoms with Gasteiger partial charge >= 0.3 is 12.1 Å². The summed E-state index contributed by atoms with van der Waals surface area (Å²) >= 11 is 6.35. The fraction of sp³-hybridized carbons (Fsp3) is 0.889. The van der Waals surface area contributed by atoms with E-state index in [2.05, 4.69) is 0 Å². The molecule has 0 spiro atoms. The van der Waals surface area contributed by atoms with Crippen LogP contribution in [0.25, 0.3) is 0 Å². The van der Waals surface area contributed by atoms with Gasteiger partial charge < -0.3 is 0 Å². The van der Waals surface area contributed by atoms with Gasteiger partial charge in [0.25, 0.3) is 0 Å². The van der Waals surface area contributed by atoms with Gasteiger partial charge in [0.15, 0.2) is 0 Å². The van der Waals surface area contributed by atoms with Crippen LogP contribution in [0.5, 0.6) is 0 Å². The Morgan fingerprint density at radius 1 is 1.18 bits per heavy atom. The van der Waals surface area contributed by atoms with E-state index in [0.29, 0.717) is 5.75 Å². The third-order valence-corrected chi connectivity index (χ3v) is 3.82. The van der Waals surface area contributed by atoms with Gasteiger partial charge in [0.1, 0.15) is 0 Å². The molecular weight excluding hydrogens is 285 g/mol. The van der Waals surface area contributed by atoms with Crippen molar-refractivity contribution in [1.82, 2.24) is 0 Å². The van der Waals surface area contributed by atoms with Crippen molar-refractivity contribution in [2.24, 2.45) is 0 Å². The van der Waals surface area contributed by atoms with E-state index in [4.69, 9.17) is 16.9 Å². The van der Waals surface area contributed by atoms with E-state index in [1.807, 2.05) is 0 Å². The number of thioether (sulfide) groups is 1. The topological polar surface area (TPSA) is 23.8 Å². The molecule has 0 amide bonds. The zero-order valence-electron chi connectivity index (χ0n) is 8.95. The van der Waals surface area contributed by atoms with E-state index >= 15 is 0 Å². The second kappa shape index (κ2) is 6.10. The predicted molar refractivity (Wildman–Crippen MR) is 57.4 cm³/mol. The van der Waals surface area contributed by atoms with E-state index in [1.165, 1.54) is 6.92 Å². The highest BCUT2D eigenvalue weighted by Gasteiger charge is 2.57. The van der Waals surface area contributed by atoms with Crippen LogP contribution in [0.1, 0.15) is 19.8 Å². The normalized spacial score (nSPS) is 16.4. The summed E-state index contributed by atoms with van der Waals surface area (Å²) < 4.78 is 59.7. The van der Waals surface area contributed by atoms with Gasteiger partial charge in [-0.2, -0.15) is 27.2 Å². The molecule has 0 aromatic heterocycles. The number of alkyl halides is 6. The number of halogens is 6. The SMILES string of the molecule is CC(C#N)(CCC(F)(F)C(F)(F)F)SCCCl. The quantitative estimate of drug-likeness (QED) is 0.541. The van der Waals surface area contributed by atoms with Gasteiger partial charge in [-0.3, -0.25) is 0 Å². The standard InChI is InChI=1S/C9H11ClF5NS/c1-7(6-16,17-5-4-10)2-3-8(11,12)9(13,14)15/h2-5H2,1H3. The van der Waals surface area contributed by atoms with Crippen LogP contribution in [-0.4, -0.2) is 28.5 Å². The first-order chi connectivity index (χ1) is 7.58. The first kappa shape index (κ1) is 16.8. The Balaban J connectivity index is 4.48. The fourth-order valence-electron chi connectivity index (χ4n) is 0.961. The van der Waals surface area contributed by atoms with Crippen LogP contribution in [0.15, 0.2) is 0 Å². The van der Waals surface area contributed by atoms with E-state index < -0.39 is 29.7 Å².